The van der Waals surface area contributed by atoms with Crippen molar-refractivity contribution in [3.05, 3.63) is 161 Å². The van der Waals surface area contributed by atoms with E-state index in [1.807, 2.05) is 0 Å². The molecule has 0 aliphatic heterocycles. The maximum Gasteiger partial charge on any atom is 0.0465 e. The van der Waals surface area contributed by atoms with Gasteiger partial charge in [-0.3, -0.25) is 0 Å². The van der Waals surface area contributed by atoms with Gasteiger partial charge in [0.15, 0.2) is 0 Å². The molecule has 4 bridgehead atoms. The number of nitrogens with zero attached hydrogens (tertiary/aromatic N) is 1. The van der Waals surface area contributed by atoms with Crippen LogP contribution in [0.5, 0.6) is 0 Å². The molecule has 53 heavy (non-hydrogen) atoms. The highest BCUT2D eigenvalue weighted by Crippen LogP contribution is 2.61. The van der Waals surface area contributed by atoms with Crippen molar-refractivity contribution in [3.63, 3.8) is 0 Å². The van der Waals surface area contributed by atoms with Crippen LogP contribution in [0.15, 0.2) is 133 Å². The largest absolute Gasteiger partial charge is 0.310 e. The Morgan fingerprint density at radius 1 is 0.434 bits per heavy atom. The quantitative estimate of drug-likeness (QED) is 0.174. The maximum absolute atomic E-state index is 2.49. The summed E-state index contributed by atoms with van der Waals surface area (Å²) in [7, 11) is 0. The van der Waals surface area contributed by atoms with Gasteiger partial charge in [-0.05, 0) is 165 Å². The third-order valence-corrected chi connectivity index (χ3v) is 14.6. The SMILES string of the molecule is CC1(C)c2ccccc2-c2ccc(-c3cccc4c3-c3ccc(N(c5ccccc5)c5ccc(C67CC8CC(CC(C8)C6)C7)cc5)cc3C4(C)C)cc21. The third-order valence-electron chi connectivity index (χ3n) is 14.6. The summed E-state index contributed by atoms with van der Waals surface area (Å²) < 4.78 is 0. The van der Waals surface area contributed by atoms with Crippen LogP contribution in [0.1, 0.15) is 94.0 Å². The monoisotopic (exact) mass is 687 g/mol. The summed E-state index contributed by atoms with van der Waals surface area (Å²) in [4.78, 5) is 2.48. The normalized spacial score (nSPS) is 24.7. The molecule has 0 unspecified atom stereocenters. The highest BCUT2D eigenvalue weighted by Gasteiger charge is 2.51. The standard InChI is InChI=1S/C52H49N/c1-50(2)45-15-9-8-13-42(45)43-23-17-36(28-47(43)50)41-14-10-16-46-49(41)44-24-22-40(29-48(44)51(46,3)4)53(38-11-6-5-7-12-38)39-20-18-37(19-21-39)52-30-33-25-34(31-52)27-35(26-33)32-52/h5-24,28-29,33-35H,25-27,30-32H2,1-4H3. The molecule has 6 aliphatic rings. The van der Waals surface area contributed by atoms with Crippen LogP contribution in [0.4, 0.5) is 17.1 Å². The molecule has 1 nitrogen and oxygen atoms in total. The zero-order valence-electron chi connectivity index (χ0n) is 31.6. The van der Waals surface area contributed by atoms with Crippen LogP contribution in [0.25, 0.3) is 33.4 Å². The molecule has 6 aromatic rings. The number of anilines is 3. The van der Waals surface area contributed by atoms with Crippen LogP contribution in [-0.4, -0.2) is 0 Å². The number of para-hydroxylation sites is 1. The predicted octanol–water partition coefficient (Wildman–Crippen LogP) is 13.9. The third kappa shape index (κ3) is 4.56. The Labute approximate surface area is 315 Å². The fourth-order valence-corrected chi connectivity index (χ4v) is 12.5. The van der Waals surface area contributed by atoms with E-state index in [0.29, 0.717) is 5.41 Å². The fourth-order valence-electron chi connectivity index (χ4n) is 12.5. The first-order chi connectivity index (χ1) is 25.7. The average Bonchev–Trinajstić information content (AvgIpc) is 3.54. The fraction of sp³-hybridized carbons (Fsp3) is 0.308. The van der Waals surface area contributed by atoms with Crippen molar-refractivity contribution < 1.29 is 0 Å². The number of hydrogen-bond donors (Lipinski definition) is 0. The minimum absolute atomic E-state index is 0.0275. The second-order valence-electron chi connectivity index (χ2n) is 18.4. The maximum atomic E-state index is 2.49. The van der Waals surface area contributed by atoms with Crippen molar-refractivity contribution in [2.75, 3.05) is 4.90 Å². The van der Waals surface area contributed by atoms with Gasteiger partial charge in [0.25, 0.3) is 0 Å². The van der Waals surface area contributed by atoms with Crippen LogP contribution in [0.3, 0.4) is 0 Å². The van der Waals surface area contributed by atoms with Crippen LogP contribution >= 0.6 is 0 Å². The Kier molecular flexibility index (Phi) is 6.61. The van der Waals surface area contributed by atoms with E-state index in [1.54, 1.807) is 5.56 Å². The molecule has 0 spiro atoms. The van der Waals surface area contributed by atoms with Gasteiger partial charge >= 0.3 is 0 Å². The van der Waals surface area contributed by atoms with Crippen molar-refractivity contribution in [2.45, 2.75) is 82.5 Å². The van der Waals surface area contributed by atoms with Gasteiger partial charge in [-0.15, -0.1) is 0 Å². The van der Waals surface area contributed by atoms with Crippen LogP contribution in [0, 0.1) is 17.8 Å². The molecule has 0 heterocycles. The smallest absolute Gasteiger partial charge is 0.0465 e. The van der Waals surface area contributed by atoms with Gasteiger partial charge in [0, 0.05) is 27.9 Å². The molecule has 0 aromatic heterocycles. The Bertz CT molecular complexity index is 2390. The average molecular weight is 688 g/mol. The van der Waals surface area contributed by atoms with E-state index in [9.17, 15) is 0 Å². The van der Waals surface area contributed by atoms with E-state index >= 15 is 0 Å². The number of fused-ring (bicyclic) bond motifs is 6. The molecule has 6 aliphatic carbocycles. The van der Waals surface area contributed by atoms with Crippen LogP contribution in [-0.2, 0) is 16.2 Å². The molecule has 0 saturated heterocycles. The topological polar surface area (TPSA) is 3.24 Å². The molecule has 0 N–H and O–H groups in total. The van der Waals surface area contributed by atoms with Crippen molar-refractivity contribution in [1.82, 2.24) is 0 Å². The molecule has 1 heteroatoms. The molecule has 12 rings (SSSR count). The summed E-state index contributed by atoms with van der Waals surface area (Å²) in [5.41, 5.74) is 19.3. The van der Waals surface area contributed by atoms with E-state index in [1.165, 1.54) is 111 Å². The molecular weight excluding hydrogens is 639 g/mol. The number of rotatable bonds is 5. The van der Waals surface area contributed by atoms with Gasteiger partial charge in [0.1, 0.15) is 0 Å². The highest BCUT2D eigenvalue weighted by molar-refractivity contribution is 5.95. The highest BCUT2D eigenvalue weighted by atomic mass is 15.1. The molecule has 0 radical (unpaired) electrons. The first kappa shape index (κ1) is 31.6. The lowest BCUT2D eigenvalue weighted by Gasteiger charge is -2.57. The molecule has 0 atom stereocenters. The lowest BCUT2D eigenvalue weighted by atomic mass is 9.48. The molecule has 4 saturated carbocycles. The number of benzene rings is 6. The van der Waals surface area contributed by atoms with E-state index in [2.05, 4.69) is 166 Å². The minimum Gasteiger partial charge on any atom is -0.310 e. The van der Waals surface area contributed by atoms with Crippen molar-refractivity contribution in [1.29, 1.82) is 0 Å². The molecule has 0 amide bonds. The first-order valence-electron chi connectivity index (χ1n) is 20.2. The zero-order valence-corrected chi connectivity index (χ0v) is 31.6. The summed E-state index contributed by atoms with van der Waals surface area (Å²) in [5, 5.41) is 0. The van der Waals surface area contributed by atoms with Gasteiger partial charge in [-0.25, -0.2) is 0 Å². The van der Waals surface area contributed by atoms with Gasteiger partial charge in [0.05, 0.1) is 0 Å². The summed E-state index contributed by atoms with van der Waals surface area (Å²) in [6.45, 7) is 9.60. The zero-order chi connectivity index (χ0) is 35.7. The molecule has 262 valence electrons. The van der Waals surface area contributed by atoms with Crippen molar-refractivity contribution >= 4 is 17.1 Å². The number of hydrogen-bond acceptors (Lipinski definition) is 1. The second kappa shape index (κ2) is 11.1. The van der Waals surface area contributed by atoms with E-state index in [-0.39, 0.29) is 10.8 Å². The lowest BCUT2D eigenvalue weighted by molar-refractivity contribution is -0.00518. The summed E-state index contributed by atoms with van der Waals surface area (Å²) in [6.07, 6.45) is 8.67. The van der Waals surface area contributed by atoms with E-state index in [4.69, 9.17) is 0 Å². The lowest BCUT2D eigenvalue weighted by Crippen LogP contribution is -2.48. The van der Waals surface area contributed by atoms with Crippen LogP contribution in [0.2, 0.25) is 0 Å². The van der Waals surface area contributed by atoms with Crippen molar-refractivity contribution in [2.24, 2.45) is 17.8 Å². The van der Waals surface area contributed by atoms with Gasteiger partial charge in [-0.1, -0.05) is 119 Å². The van der Waals surface area contributed by atoms with Gasteiger partial charge < -0.3 is 4.90 Å². The van der Waals surface area contributed by atoms with Crippen molar-refractivity contribution in [3.8, 4) is 33.4 Å². The Morgan fingerprint density at radius 2 is 0.981 bits per heavy atom. The molecular formula is C52H49N. The molecule has 6 aromatic carbocycles. The Morgan fingerprint density at radius 3 is 1.72 bits per heavy atom. The van der Waals surface area contributed by atoms with Crippen LogP contribution < -0.4 is 4.90 Å². The second-order valence-corrected chi connectivity index (χ2v) is 18.4. The Hall–Kier alpha value is -4.88. The van der Waals surface area contributed by atoms with E-state index in [0.717, 1.165) is 17.8 Å². The van der Waals surface area contributed by atoms with Gasteiger partial charge in [0.2, 0.25) is 0 Å². The predicted molar refractivity (Wildman–Crippen MR) is 222 cm³/mol. The van der Waals surface area contributed by atoms with E-state index < -0.39 is 0 Å². The Balaban J connectivity index is 0.996. The molecule has 4 fully saturated rings. The summed E-state index contributed by atoms with van der Waals surface area (Å²) >= 11 is 0. The summed E-state index contributed by atoms with van der Waals surface area (Å²) in [6, 6.07) is 51.2. The first-order valence-corrected chi connectivity index (χ1v) is 20.2. The summed E-state index contributed by atoms with van der Waals surface area (Å²) in [5.74, 6) is 2.86. The minimum atomic E-state index is -0.131. The van der Waals surface area contributed by atoms with Gasteiger partial charge in [-0.2, -0.15) is 0 Å².